The van der Waals surface area contributed by atoms with Gasteiger partial charge in [-0.2, -0.15) is 0 Å². The monoisotopic (exact) mass is 365 g/mol. The van der Waals surface area contributed by atoms with Crippen LogP contribution in [0, 0.1) is 11.6 Å². The normalized spacial score (nSPS) is 17.0. The zero-order valence-corrected chi connectivity index (χ0v) is 14.6. The molecule has 1 amide bonds. The Bertz CT molecular complexity index is 800. The quantitative estimate of drug-likeness (QED) is 0.809. The molecule has 4 nitrogen and oxygen atoms in total. The fraction of sp³-hybridized carbons (Fsp3) is 0.278. The molecule has 0 saturated carbocycles. The van der Waals surface area contributed by atoms with E-state index in [0.29, 0.717) is 11.5 Å². The van der Waals surface area contributed by atoms with Crippen molar-refractivity contribution >= 4 is 17.7 Å². The van der Waals surface area contributed by atoms with Gasteiger partial charge < -0.3 is 14.4 Å². The summed E-state index contributed by atoms with van der Waals surface area (Å²) in [6.45, 7) is -0.0134. The second-order valence-corrected chi connectivity index (χ2v) is 6.57. The Kier molecular flexibility index (Phi) is 5.13. The molecule has 1 aliphatic rings. The van der Waals surface area contributed by atoms with Crippen LogP contribution in [0.4, 0.5) is 8.78 Å². The second-order valence-electron chi connectivity index (χ2n) is 5.51. The van der Waals surface area contributed by atoms with Crippen LogP contribution in [0.15, 0.2) is 36.4 Å². The van der Waals surface area contributed by atoms with Gasteiger partial charge in [-0.3, -0.25) is 4.79 Å². The highest BCUT2D eigenvalue weighted by molar-refractivity contribution is 8.00. The minimum Gasteiger partial charge on any atom is -0.497 e. The first-order chi connectivity index (χ1) is 12.0. The van der Waals surface area contributed by atoms with E-state index in [-0.39, 0.29) is 29.1 Å². The molecule has 0 radical (unpaired) electrons. The van der Waals surface area contributed by atoms with Gasteiger partial charge in [0.1, 0.15) is 16.9 Å². The van der Waals surface area contributed by atoms with Crippen LogP contribution in [0.2, 0.25) is 0 Å². The summed E-state index contributed by atoms with van der Waals surface area (Å²) in [6, 6.07) is 9.29. The molecule has 0 spiro atoms. The Labute approximate surface area is 148 Å². The van der Waals surface area contributed by atoms with E-state index in [1.165, 1.54) is 28.8 Å². The molecule has 0 aromatic heterocycles. The summed E-state index contributed by atoms with van der Waals surface area (Å²) in [5.74, 6) is -0.480. The van der Waals surface area contributed by atoms with E-state index in [2.05, 4.69) is 0 Å². The first-order valence-corrected chi connectivity index (χ1v) is 8.66. The molecule has 0 aliphatic carbocycles. The van der Waals surface area contributed by atoms with Gasteiger partial charge in [-0.1, -0.05) is 12.1 Å². The second kappa shape index (κ2) is 7.31. The van der Waals surface area contributed by atoms with Crippen LogP contribution in [0.3, 0.4) is 0 Å². The molecule has 1 atom stereocenters. The number of hydrogen-bond acceptors (Lipinski definition) is 4. The summed E-state index contributed by atoms with van der Waals surface area (Å²) < 4.78 is 38.1. The van der Waals surface area contributed by atoms with Crippen molar-refractivity contribution in [1.82, 2.24) is 4.90 Å². The molecule has 2 aromatic carbocycles. The largest absolute Gasteiger partial charge is 0.497 e. The van der Waals surface area contributed by atoms with Gasteiger partial charge in [0, 0.05) is 11.1 Å². The predicted molar refractivity (Wildman–Crippen MR) is 91.7 cm³/mol. The van der Waals surface area contributed by atoms with Crippen molar-refractivity contribution in [3.8, 4) is 11.5 Å². The molecular formula is C18H17F2NO3S. The number of carbonyl (C=O) groups excluding carboxylic acids is 1. The molecule has 3 rings (SSSR count). The summed E-state index contributed by atoms with van der Waals surface area (Å²) >= 11 is 1.41. The SMILES string of the molecule is COc1ccc(OC)c(C2SCC(=O)N2Cc2cccc(F)c2F)c1. The van der Waals surface area contributed by atoms with Gasteiger partial charge in [0.25, 0.3) is 0 Å². The summed E-state index contributed by atoms with van der Waals surface area (Å²) in [4.78, 5) is 13.9. The number of benzene rings is 2. The molecule has 25 heavy (non-hydrogen) atoms. The number of carbonyl (C=O) groups is 1. The molecule has 1 fully saturated rings. The molecule has 7 heteroatoms. The zero-order valence-electron chi connectivity index (χ0n) is 13.8. The van der Waals surface area contributed by atoms with Crippen molar-refractivity contribution in [2.24, 2.45) is 0 Å². The highest BCUT2D eigenvalue weighted by Gasteiger charge is 2.35. The lowest BCUT2D eigenvalue weighted by Crippen LogP contribution is -2.28. The van der Waals surface area contributed by atoms with E-state index < -0.39 is 11.6 Å². The number of rotatable bonds is 5. The third-order valence-electron chi connectivity index (χ3n) is 4.04. The maximum Gasteiger partial charge on any atom is 0.234 e. The fourth-order valence-corrected chi connectivity index (χ4v) is 3.97. The van der Waals surface area contributed by atoms with Crippen LogP contribution >= 0.6 is 11.8 Å². The number of nitrogens with zero attached hydrogens (tertiary/aromatic N) is 1. The first kappa shape index (κ1) is 17.5. The van der Waals surface area contributed by atoms with E-state index in [1.54, 1.807) is 32.4 Å². The number of thioether (sulfide) groups is 1. The summed E-state index contributed by atoms with van der Waals surface area (Å²) in [5, 5.41) is -0.361. The Morgan fingerprint density at radius 3 is 2.72 bits per heavy atom. The van der Waals surface area contributed by atoms with Gasteiger partial charge in [0.05, 0.1) is 26.5 Å². The zero-order chi connectivity index (χ0) is 18.0. The predicted octanol–water partition coefficient (Wildman–Crippen LogP) is 3.76. The van der Waals surface area contributed by atoms with Crippen molar-refractivity contribution in [2.75, 3.05) is 20.0 Å². The number of amides is 1. The average molecular weight is 365 g/mol. The summed E-state index contributed by atoms with van der Waals surface area (Å²) in [7, 11) is 3.10. The number of methoxy groups -OCH3 is 2. The Morgan fingerprint density at radius 1 is 1.20 bits per heavy atom. The lowest BCUT2D eigenvalue weighted by molar-refractivity contribution is -0.128. The molecule has 1 saturated heterocycles. The van der Waals surface area contributed by atoms with E-state index in [0.717, 1.165) is 11.6 Å². The molecule has 0 N–H and O–H groups in total. The molecule has 1 unspecified atom stereocenters. The summed E-state index contributed by atoms with van der Waals surface area (Å²) in [6.07, 6.45) is 0. The van der Waals surface area contributed by atoms with Crippen molar-refractivity contribution in [2.45, 2.75) is 11.9 Å². The van der Waals surface area contributed by atoms with E-state index in [4.69, 9.17) is 9.47 Å². The maximum atomic E-state index is 14.0. The van der Waals surface area contributed by atoms with Gasteiger partial charge in [-0.15, -0.1) is 11.8 Å². The van der Waals surface area contributed by atoms with Crippen LogP contribution < -0.4 is 9.47 Å². The Hall–Kier alpha value is -2.28. The van der Waals surface area contributed by atoms with Crippen molar-refractivity contribution in [3.63, 3.8) is 0 Å². The van der Waals surface area contributed by atoms with Gasteiger partial charge in [-0.05, 0) is 24.3 Å². The molecular weight excluding hydrogens is 348 g/mol. The number of halogens is 2. The van der Waals surface area contributed by atoms with Gasteiger partial charge in [0.2, 0.25) is 5.91 Å². The van der Waals surface area contributed by atoms with Gasteiger partial charge in [0.15, 0.2) is 11.6 Å². The third-order valence-corrected chi connectivity index (χ3v) is 5.28. The molecule has 2 aromatic rings. The molecule has 0 bridgehead atoms. The van der Waals surface area contributed by atoms with Crippen LogP contribution in [-0.2, 0) is 11.3 Å². The van der Waals surface area contributed by atoms with Crippen molar-refractivity contribution in [3.05, 3.63) is 59.2 Å². The van der Waals surface area contributed by atoms with Crippen LogP contribution in [0.5, 0.6) is 11.5 Å². The molecule has 1 aliphatic heterocycles. The highest BCUT2D eigenvalue weighted by Crippen LogP contribution is 2.44. The third kappa shape index (κ3) is 3.42. The lowest BCUT2D eigenvalue weighted by atomic mass is 10.1. The average Bonchev–Trinajstić information content (AvgIpc) is 2.99. The fourth-order valence-electron chi connectivity index (χ4n) is 2.77. The molecule has 132 valence electrons. The standard InChI is InChI=1S/C18H17F2NO3S/c1-23-12-6-7-15(24-2)13(8-12)18-21(16(22)10-25-18)9-11-4-3-5-14(19)17(11)20/h3-8,18H,9-10H2,1-2H3. The number of hydrogen-bond donors (Lipinski definition) is 0. The smallest absolute Gasteiger partial charge is 0.234 e. The van der Waals surface area contributed by atoms with E-state index in [9.17, 15) is 13.6 Å². The van der Waals surface area contributed by atoms with Crippen molar-refractivity contribution < 1.29 is 23.0 Å². The Balaban J connectivity index is 1.96. The molecule has 1 heterocycles. The topological polar surface area (TPSA) is 38.8 Å². The van der Waals surface area contributed by atoms with Gasteiger partial charge in [-0.25, -0.2) is 8.78 Å². The minimum absolute atomic E-state index is 0.0134. The van der Waals surface area contributed by atoms with E-state index >= 15 is 0 Å². The Morgan fingerprint density at radius 2 is 2.00 bits per heavy atom. The first-order valence-electron chi connectivity index (χ1n) is 7.61. The highest BCUT2D eigenvalue weighted by atomic mass is 32.2. The summed E-state index contributed by atoms with van der Waals surface area (Å²) in [5.41, 5.74) is 0.900. The number of ether oxygens (including phenoxy) is 2. The van der Waals surface area contributed by atoms with E-state index in [1.807, 2.05) is 0 Å². The van der Waals surface area contributed by atoms with Crippen molar-refractivity contribution in [1.29, 1.82) is 0 Å². The van der Waals surface area contributed by atoms with Gasteiger partial charge >= 0.3 is 0 Å². The van der Waals surface area contributed by atoms with Crippen LogP contribution in [0.1, 0.15) is 16.5 Å². The van der Waals surface area contributed by atoms with Crippen LogP contribution in [-0.4, -0.2) is 30.8 Å². The minimum atomic E-state index is -0.927. The lowest BCUT2D eigenvalue weighted by Gasteiger charge is -2.26. The van der Waals surface area contributed by atoms with Crippen LogP contribution in [0.25, 0.3) is 0 Å². The maximum absolute atomic E-state index is 14.0.